The average Bonchev–Trinajstić information content (AvgIpc) is 3.72. The second kappa shape index (κ2) is 21.0. The maximum atomic E-state index is 13.3. The molecular weight excluding hydrogens is 824 g/mol. The predicted octanol–water partition coefficient (Wildman–Crippen LogP) is -1.79. The number of hydrogen-bond donors (Lipinski definition) is 10. The minimum Gasteiger partial charge on any atom is -0.472 e. The lowest BCUT2D eigenvalue weighted by Crippen LogP contribution is -2.60. The largest absolute Gasteiger partial charge is 0.472 e. The molecule has 0 radical (unpaired) electrons. The number of aliphatic hydroxyl groups excluding tert-OH is 10. The maximum Gasteiger partial charge on any atom is 0.337 e. The average molecular weight is 889 g/mol. The molecule has 62 heavy (non-hydrogen) atoms. The molecule has 21 atom stereocenters. The van der Waals surface area contributed by atoms with Gasteiger partial charge in [-0.25, -0.2) is 9.59 Å². The van der Waals surface area contributed by atoms with Gasteiger partial charge in [0.05, 0.1) is 68.2 Å². The van der Waals surface area contributed by atoms with Crippen LogP contribution in [0.2, 0.25) is 0 Å². The number of carbonyl (C=O) groups is 2. The van der Waals surface area contributed by atoms with Crippen molar-refractivity contribution in [2.75, 3.05) is 26.4 Å². The molecule has 352 valence electrons. The van der Waals surface area contributed by atoms with Crippen LogP contribution in [0, 0.1) is 41.4 Å². The van der Waals surface area contributed by atoms with Crippen molar-refractivity contribution in [3.8, 4) is 0 Å². The molecule has 6 aliphatic rings. The summed E-state index contributed by atoms with van der Waals surface area (Å²) in [6.45, 7) is 8.71. The first kappa shape index (κ1) is 48.7. The summed E-state index contributed by atoms with van der Waals surface area (Å²) in [6, 6.07) is 0. The van der Waals surface area contributed by atoms with Crippen LogP contribution in [0.25, 0.3) is 0 Å². The minimum absolute atomic E-state index is 0.000127. The molecular formula is C42H64O20. The lowest BCUT2D eigenvalue weighted by molar-refractivity contribution is -0.342. The third-order valence-electron chi connectivity index (χ3n) is 13.4. The van der Waals surface area contributed by atoms with E-state index in [1.807, 2.05) is 13.8 Å². The quantitative estimate of drug-likeness (QED) is 0.0569. The van der Waals surface area contributed by atoms with Gasteiger partial charge in [0.1, 0.15) is 48.8 Å². The normalized spacial score (nSPS) is 42.7. The fraction of sp³-hybridized carbons (Fsp3) is 0.810. The van der Waals surface area contributed by atoms with E-state index in [4.69, 9.17) is 37.9 Å². The van der Waals surface area contributed by atoms with Crippen molar-refractivity contribution in [1.29, 1.82) is 0 Å². The Hall–Kier alpha value is -2.80. The highest BCUT2D eigenvalue weighted by Crippen LogP contribution is 2.49. The zero-order valence-electron chi connectivity index (χ0n) is 35.1. The molecule has 0 amide bonds. The molecule has 4 heterocycles. The van der Waals surface area contributed by atoms with E-state index in [0.717, 1.165) is 19.3 Å². The summed E-state index contributed by atoms with van der Waals surface area (Å²) in [5, 5.41) is 102. The van der Waals surface area contributed by atoms with Gasteiger partial charge in [0.25, 0.3) is 0 Å². The minimum atomic E-state index is -1.68. The number of aliphatic hydroxyl groups is 10. The lowest BCUT2D eigenvalue weighted by atomic mass is 9.83. The molecule has 0 unspecified atom stereocenters. The Kier molecular flexibility index (Phi) is 16.5. The van der Waals surface area contributed by atoms with Crippen LogP contribution in [0.4, 0.5) is 0 Å². The van der Waals surface area contributed by atoms with Crippen LogP contribution < -0.4 is 0 Å². The summed E-state index contributed by atoms with van der Waals surface area (Å²) in [5.74, 6) is -3.76. The van der Waals surface area contributed by atoms with E-state index < -0.39 is 135 Å². The first-order chi connectivity index (χ1) is 29.5. The molecule has 0 bridgehead atoms. The Balaban J connectivity index is 0.921. The molecule has 6 rings (SSSR count). The highest BCUT2D eigenvalue weighted by molar-refractivity contribution is 5.89. The van der Waals surface area contributed by atoms with Crippen LogP contribution in [-0.4, -0.2) is 176 Å². The Morgan fingerprint density at radius 2 is 1.23 bits per heavy atom. The van der Waals surface area contributed by atoms with Crippen LogP contribution >= 0.6 is 0 Å². The molecule has 20 heteroatoms. The first-order valence-corrected chi connectivity index (χ1v) is 21.5. The van der Waals surface area contributed by atoms with Crippen molar-refractivity contribution in [3.05, 3.63) is 35.8 Å². The second-order valence-corrected chi connectivity index (χ2v) is 17.8. The molecule has 2 saturated carbocycles. The highest BCUT2D eigenvalue weighted by atomic mass is 16.8. The Labute approximate surface area is 359 Å². The van der Waals surface area contributed by atoms with Crippen molar-refractivity contribution in [3.63, 3.8) is 0 Å². The van der Waals surface area contributed by atoms with Gasteiger partial charge >= 0.3 is 11.9 Å². The van der Waals surface area contributed by atoms with Gasteiger partial charge in [-0.15, -0.1) is 0 Å². The van der Waals surface area contributed by atoms with Crippen LogP contribution in [0.3, 0.4) is 0 Å². The molecule has 0 aromatic rings. The lowest BCUT2D eigenvalue weighted by Gasteiger charge is -2.43. The van der Waals surface area contributed by atoms with Crippen molar-refractivity contribution < 1.29 is 98.5 Å². The standard InChI is InChI=1S/C42H64O20/c1-17(8-9-55-37(53)23-15-57-39(29-19(3)25(45)10-21(23)29)61-41-35(51)33(49)31(47)27(12-43)59-41)6-5-7-18(2)14-56-38(54)24-16-58-40(30-20(4)26(46)11-22(24)30)62-42-36(52)34(50)32(48)28(13-44)60-42/h15-19,21-22,25-36,39-52H,4-14H2,1-3H3/t17-,18+,19-,21-,22-,25+,26+,27-,28-,29-,30-,31-,32-,33+,34+,35-,36-,39+,40+,41+,42+/m1/s1. The van der Waals surface area contributed by atoms with Crippen molar-refractivity contribution in [2.24, 2.45) is 41.4 Å². The molecule has 0 aromatic carbocycles. The van der Waals surface area contributed by atoms with Gasteiger partial charge in [0.2, 0.25) is 12.6 Å². The van der Waals surface area contributed by atoms with Gasteiger partial charge < -0.3 is 89.0 Å². The van der Waals surface area contributed by atoms with Crippen LogP contribution in [0.1, 0.15) is 59.3 Å². The summed E-state index contributed by atoms with van der Waals surface area (Å²) in [6.07, 6.45) is -13.4. The number of esters is 2. The number of carbonyl (C=O) groups excluding carboxylic acids is 2. The number of fused-ring (bicyclic) bond motifs is 2. The molecule has 4 aliphatic heterocycles. The van der Waals surface area contributed by atoms with E-state index in [-0.39, 0.29) is 55.0 Å². The van der Waals surface area contributed by atoms with E-state index in [1.54, 1.807) is 6.92 Å². The van der Waals surface area contributed by atoms with Gasteiger partial charge in [-0.05, 0) is 49.0 Å². The summed E-state index contributed by atoms with van der Waals surface area (Å²) >= 11 is 0. The summed E-state index contributed by atoms with van der Waals surface area (Å²) in [4.78, 5) is 26.6. The Morgan fingerprint density at radius 1 is 0.694 bits per heavy atom. The van der Waals surface area contributed by atoms with Gasteiger partial charge in [0, 0.05) is 17.8 Å². The van der Waals surface area contributed by atoms with E-state index in [2.05, 4.69) is 6.58 Å². The topological polar surface area (TPSA) is 310 Å². The molecule has 4 fully saturated rings. The SMILES string of the molecule is C=C1[C@H]2[C@H](O[C@@H]3O[C@H](CO)[C@@H](O)[C@H](O)[C@H]3O)OC=C(C(=O)OC[C@@H](C)CCC[C@@H](C)CCOC(=O)C3=CO[C@@H](O[C@@H]4O[C@H](CO)[C@@H](O)[C@H](O)[C@H]4O)[C@@H]4[C@H](C)[C@@H](O)C[C@H]34)[C@H]2C[C@@H]1O. The molecule has 2 aliphatic carbocycles. The second-order valence-electron chi connectivity index (χ2n) is 17.8. The van der Waals surface area contributed by atoms with Crippen LogP contribution in [0.5, 0.6) is 0 Å². The first-order valence-electron chi connectivity index (χ1n) is 21.5. The smallest absolute Gasteiger partial charge is 0.337 e. The van der Waals surface area contributed by atoms with Crippen molar-refractivity contribution in [2.45, 2.75) is 145 Å². The van der Waals surface area contributed by atoms with Gasteiger partial charge in [-0.1, -0.05) is 40.2 Å². The monoisotopic (exact) mass is 888 g/mol. The fourth-order valence-corrected chi connectivity index (χ4v) is 9.40. The molecule has 0 aromatic heterocycles. The molecule has 0 spiro atoms. The van der Waals surface area contributed by atoms with Crippen LogP contribution in [-0.2, 0) is 47.5 Å². The highest BCUT2D eigenvalue weighted by Gasteiger charge is 2.55. The fourth-order valence-electron chi connectivity index (χ4n) is 9.40. The van der Waals surface area contributed by atoms with Gasteiger partial charge in [-0.2, -0.15) is 0 Å². The molecule has 20 nitrogen and oxygen atoms in total. The van der Waals surface area contributed by atoms with Gasteiger partial charge in [0.15, 0.2) is 12.6 Å². The van der Waals surface area contributed by atoms with E-state index in [1.165, 1.54) is 12.5 Å². The van der Waals surface area contributed by atoms with Crippen molar-refractivity contribution >= 4 is 11.9 Å². The Bertz CT molecular complexity index is 1600. The predicted molar refractivity (Wildman–Crippen MR) is 208 cm³/mol. The molecule has 2 saturated heterocycles. The maximum absolute atomic E-state index is 13.3. The molecule has 10 N–H and O–H groups in total. The third-order valence-corrected chi connectivity index (χ3v) is 13.4. The number of hydrogen-bond acceptors (Lipinski definition) is 20. The number of ether oxygens (including phenoxy) is 8. The van der Waals surface area contributed by atoms with Crippen LogP contribution in [0.15, 0.2) is 35.8 Å². The van der Waals surface area contributed by atoms with E-state index in [0.29, 0.717) is 12.0 Å². The van der Waals surface area contributed by atoms with E-state index in [9.17, 15) is 60.7 Å². The summed E-state index contributed by atoms with van der Waals surface area (Å²) in [5.41, 5.74) is 0.764. The zero-order chi connectivity index (χ0) is 45.2. The zero-order valence-corrected chi connectivity index (χ0v) is 35.1. The van der Waals surface area contributed by atoms with E-state index >= 15 is 0 Å². The van der Waals surface area contributed by atoms with Gasteiger partial charge in [-0.3, -0.25) is 0 Å². The third kappa shape index (κ3) is 10.3. The summed E-state index contributed by atoms with van der Waals surface area (Å²) in [7, 11) is 0. The summed E-state index contributed by atoms with van der Waals surface area (Å²) < 4.78 is 45.5. The van der Waals surface area contributed by atoms with Crippen molar-refractivity contribution in [1.82, 2.24) is 0 Å². The Morgan fingerprint density at radius 3 is 1.82 bits per heavy atom. The number of rotatable bonds is 17.